The zero-order valence-electron chi connectivity index (χ0n) is 9.40. The van der Waals surface area contributed by atoms with Gasteiger partial charge in [-0.15, -0.1) is 11.3 Å². The number of aromatic nitrogens is 2. The molecule has 0 saturated heterocycles. The second-order valence-electron chi connectivity index (χ2n) is 3.73. The van der Waals surface area contributed by atoms with Gasteiger partial charge in [-0.1, -0.05) is 0 Å². The van der Waals surface area contributed by atoms with E-state index >= 15 is 0 Å². The Morgan fingerprint density at radius 1 is 1.50 bits per heavy atom. The van der Waals surface area contributed by atoms with Crippen molar-refractivity contribution in [3.8, 4) is 11.3 Å². The van der Waals surface area contributed by atoms with Crippen molar-refractivity contribution in [2.45, 2.75) is 20.4 Å². The normalized spacial score (nSPS) is 10.9. The molecule has 0 bridgehead atoms. The lowest BCUT2D eigenvalue weighted by Crippen LogP contribution is -2.05. The molecule has 0 atom stereocenters. The highest BCUT2D eigenvalue weighted by molar-refractivity contribution is 7.13. The van der Waals surface area contributed by atoms with Gasteiger partial charge in [0, 0.05) is 28.9 Å². The third-order valence-electron chi connectivity index (χ3n) is 2.70. The van der Waals surface area contributed by atoms with E-state index in [2.05, 4.69) is 15.6 Å². The molecule has 0 fully saturated rings. The molecule has 2 aromatic rings. The number of hydrogen-bond acceptors (Lipinski definition) is 4. The Bertz CT molecular complexity index is 501. The van der Waals surface area contributed by atoms with Gasteiger partial charge in [-0.2, -0.15) is 0 Å². The lowest BCUT2D eigenvalue weighted by molar-refractivity contribution is 0.274. The Hall–Kier alpha value is -1.33. The summed E-state index contributed by atoms with van der Waals surface area (Å²) >= 11 is 1.44. The van der Waals surface area contributed by atoms with Crippen molar-refractivity contribution >= 4 is 16.5 Å². The summed E-state index contributed by atoms with van der Waals surface area (Å²) in [6.45, 7) is 4.84. The van der Waals surface area contributed by atoms with Crippen LogP contribution in [0.2, 0.25) is 0 Å². The third-order valence-corrected chi connectivity index (χ3v) is 3.37. The van der Waals surface area contributed by atoms with Crippen LogP contribution in [0.1, 0.15) is 11.4 Å². The first-order chi connectivity index (χ1) is 7.63. The Balaban J connectivity index is 2.46. The highest BCUT2D eigenvalue weighted by Crippen LogP contribution is 2.28. The van der Waals surface area contributed by atoms with E-state index in [-0.39, 0.29) is 6.61 Å². The summed E-state index contributed by atoms with van der Waals surface area (Å²) in [6, 6.07) is 2.08. The van der Waals surface area contributed by atoms with Crippen LogP contribution in [-0.4, -0.2) is 21.3 Å². The number of aryl methyl sites for hydroxylation is 1. The van der Waals surface area contributed by atoms with E-state index in [1.54, 1.807) is 0 Å². The second kappa shape index (κ2) is 4.27. The molecule has 16 heavy (non-hydrogen) atoms. The summed E-state index contributed by atoms with van der Waals surface area (Å²) in [5, 5.41) is 11.5. The molecule has 0 spiro atoms. The van der Waals surface area contributed by atoms with Gasteiger partial charge in [-0.25, -0.2) is 4.98 Å². The Labute approximate surface area is 98.4 Å². The molecule has 86 valence electrons. The lowest BCUT2D eigenvalue weighted by Gasteiger charge is -2.06. The predicted molar refractivity (Wildman–Crippen MR) is 66.5 cm³/mol. The molecule has 0 saturated carbocycles. The maximum atomic E-state index is 9.00. The second-order valence-corrected chi connectivity index (χ2v) is 4.62. The first kappa shape index (κ1) is 11.2. The highest BCUT2D eigenvalue weighted by Gasteiger charge is 2.12. The molecule has 2 aromatic heterocycles. The van der Waals surface area contributed by atoms with Crippen LogP contribution in [-0.2, 0) is 6.54 Å². The molecule has 0 amide bonds. The first-order valence-corrected chi connectivity index (χ1v) is 6.00. The maximum Gasteiger partial charge on any atom is 0.180 e. The number of aliphatic hydroxyl groups excluding tert-OH is 1. The number of hydrogen-bond donors (Lipinski definition) is 2. The number of nitrogens with zero attached hydrogens (tertiary/aromatic N) is 2. The molecule has 0 aliphatic rings. The highest BCUT2D eigenvalue weighted by atomic mass is 32.1. The summed E-state index contributed by atoms with van der Waals surface area (Å²) in [4.78, 5) is 4.28. The fourth-order valence-electron chi connectivity index (χ4n) is 1.92. The van der Waals surface area contributed by atoms with Gasteiger partial charge < -0.3 is 15.4 Å². The van der Waals surface area contributed by atoms with Gasteiger partial charge in [0.25, 0.3) is 0 Å². The van der Waals surface area contributed by atoms with E-state index < -0.39 is 0 Å². The largest absolute Gasteiger partial charge is 0.395 e. The van der Waals surface area contributed by atoms with Crippen LogP contribution in [0.4, 0.5) is 5.13 Å². The molecule has 0 radical (unpaired) electrons. The minimum absolute atomic E-state index is 0.148. The molecule has 2 rings (SSSR count). The summed E-state index contributed by atoms with van der Waals surface area (Å²) in [5.74, 6) is 0. The van der Waals surface area contributed by atoms with Gasteiger partial charge >= 0.3 is 0 Å². The molecule has 0 aliphatic heterocycles. The van der Waals surface area contributed by atoms with Crippen LogP contribution in [0.25, 0.3) is 11.3 Å². The fourth-order valence-corrected chi connectivity index (χ4v) is 2.48. The van der Waals surface area contributed by atoms with Crippen molar-refractivity contribution < 1.29 is 5.11 Å². The van der Waals surface area contributed by atoms with Crippen LogP contribution >= 0.6 is 11.3 Å². The minimum atomic E-state index is 0.148. The van der Waals surface area contributed by atoms with Crippen molar-refractivity contribution in [2.24, 2.45) is 0 Å². The smallest absolute Gasteiger partial charge is 0.180 e. The molecule has 0 aliphatic carbocycles. The minimum Gasteiger partial charge on any atom is -0.395 e. The quantitative estimate of drug-likeness (QED) is 0.855. The van der Waals surface area contributed by atoms with Crippen molar-refractivity contribution in [1.29, 1.82) is 0 Å². The summed E-state index contributed by atoms with van der Waals surface area (Å²) < 4.78 is 2.09. The van der Waals surface area contributed by atoms with Gasteiger partial charge in [-0.3, -0.25) is 0 Å². The van der Waals surface area contributed by atoms with Crippen molar-refractivity contribution in [3.63, 3.8) is 0 Å². The zero-order chi connectivity index (χ0) is 11.7. The number of anilines is 1. The van der Waals surface area contributed by atoms with E-state index in [9.17, 15) is 0 Å². The van der Waals surface area contributed by atoms with Gasteiger partial charge in [0.2, 0.25) is 0 Å². The topological polar surface area (TPSA) is 64.1 Å². The van der Waals surface area contributed by atoms with E-state index in [1.807, 2.05) is 19.2 Å². The fraction of sp³-hybridized carbons (Fsp3) is 0.364. The van der Waals surface area contributed by atoms with Crippen molar-refractivity contribution in [2.75, 3.05) is 12.3 Å². The number of nitrogen functional groups attached to an aromatic ring is 1. The predicted octanol–water partition coefficient (Wildman–Crippen LogP) is 1.80. The molecule has 2 heterocycles. The van der Waals surface area contributed by atoms with Crippen LogP contribution in [0.15, 0.2) is 11.4 Å². The van der Waals surface area contributed by atoms with Crippen LogP contribution in [0, 0.1) is 13.8 Å². The summed E-state index contributed by atoms with van der Waals surface area (Å²) in [7, 11) is 0. The van der Waals surface area contributed by atoms with Crippen LogP contribution < -0.4 is 5.73 Å². The average Bonchev–Trinajstić information content (AvgIpc) is 2.77. The van der Waals surface area contributed by atoms with Crippen LogP contribution in [0.5, 0.6) is 0 Å². The average molecular weight is 237 g/mol. The number of aliphatic hydroxyl groups is 1. The van der Waals surface area contributed by atoms with Crippen molar-refractivity contribution in [1.82, 2.24) is 9.55 Å². The number of thiazole rings is 1. The molecule has 0 aromatic carbocycles. The SMILES string of the molecule is Cc1cc(-c2csc(N)n2)c(C)n1CCO. The Morgan fingerprint density at radius 3 is 2.81 bits per heavy atom. The lowest BCUT2D eigenvalue weighted by atomic mass is 10.2. The Kier molecular flexibility index (Phi) is 2.98. The van der Waals surface area contributed by atoms with Crippen LogP contribution in [0.3, 0.4) is 0 Å². The molecule has 0 unspecified atom stereocenters. The molecule has 5 heteroatoms. The third kappa shape index (κ3) is 1.83. The standard InChI is InChI=1S/C11H15N3OS/c1-7-5-9(8(2)14(7)3-4-15)10-6-16-11(12)13-10/h5-6,15H,3-4H2,1-2H3,(H2,12,13). The molecular weight excluding hydrogens is 222 g/mol. The van der Waals surface area contributed by atoms with Crippen molar-refractivity contribution in [3.05, 3.63) is 22.8 Å². The monoisotopic (exact) mass is 237 g/mol. The van der Waals surface area contributed by atoms with E-state index in [4.69, 9.17) is 10.8 Å². The van der Waals surface area contributed by atoms with E-state index in [1.165, 1.54) is 11.3 Å². The maximum absolute atomic E-state index is 9.00. The number of nitrogens with two attached hydrogens (primary N) is 1. The van der Waals surface area contributed by atoms with E-state index in [0.717, 1.165) is 22.6 Å². The van der Waals surface area contributed by atoms with Gasteiger partial charge in [0.05, 0.1) is 12.3 Å². The summed E-state index contributed by atoms with van der Waals surface area (Å²) in [6.07, 6.45) is 0. The molecule has 4 nitrogen and oxygen atoms in total. The van der Waals surface area contributed by atoms with Gasteiger partial charge in [0.1, 0.15) is 0 Å². The molecule has 3 N–H and O–H groups in total. The van der Waals surface area contributed by atoms with Gasteiger partial charge in [0.15, 0.2) is 5.13 Å². The molecular formula is C11H15N3OS. The Morgan fingerprint density at radius 2 is 2.25 bits per heavy atom. The zero-order valence-corrected chi connectivity index (χ0v) is 10.2. The van der Waals surface area contributed by atoms with Gasteiger partial charge in [-0.05, 0) is 19.9 Å². The first-order valence-electron chi connectivity index (χ1n) is 5.12. The number of rotatable bonds is 3. The van der Waals surface area contributed by atoms with E-state index in [0.29, 0.717) is 11.7 Å². The summed E-state index contributed by atoms with van der Waals surface area (Å²) in [5.41, 5.74) is 9.90.